The van der Waals surface area contributed by atoms with E-state index in [9.17, 15) is 44.7 Å². The standard InChI is InChI=1S/C9H12OS.C8H12O4S.C8H12O3S.C7H10O4S.C5H5.C4H6OS.C2H4O3.CH5P.CH4/c1-6(10)11-9-5-7-2-3-8(9)4-7;1-11-13(9,10)6-3-4-2-5(6)8-7(4)12-8;1-11-12(9,10)8-5-6-2-3-7(8)4-6;8-6-3-1-4-5(2-3)12(9,10)11-7(4)6;1-2-4-5-3-1;1-3-6-4(2)5;1-2(3)5-4;1-2;/h2-3,7-9H,4-5H2,1H3;4-8H,2-3H2,1H3;2-3,6-8H,4-5H2,1H3;3-8H,1-2H2;1-5H;3H,1H2,2H3;4H,1H3;2H2,1H3;1H4/q;;;;+1;;;;/i;;;;;;;1D;. The van der Waals surface area contributed by atoms with Crippen molar-refractivity contribution in [3.8, 4) is 0 Å². The average molecular weight is 1060 g/mol. The molecule has 17 unspecified atom stereocenters. The van der Waals surface area contributed by atoms with Crippen molar-refractivity contribution in [3.63, 3.8) is 0 Å². The number of epoxide rings is 1. The van der Waals surface area contributed by atoms with E-state index in [1.807, 2.05) is 36.8 Å². The summed E-state index contributed by atoms with van der Waals surface area (Å²) >= 11 is 2.65. The van der Waals surface area contributed by atoms with Gasteiger partial charge in [-0.05, 0) is 92.3 Å². The lowest BCUT2D eigenvalue weighted by Gasteiger charge is -2.18. The zero-order chi connectivity index (χ0) is 49.9. The van der Waals surface area contributed by atoms with Gasteiger partial charge < -0.3 is 14.7 Å². The molecular weight excluding hydrogens is 988 g/mol. The van der Waals surface area contributed by atoms with Crippen LogP contribution in [-0.4, -0.2) is 118 Å². The summed E-state index contributed by atoms with van der Waals surface area (Å²) < 4.78 is 93.7. The fourth-order valence-corrected chi connectivity index (χ4v) is 16.7. The highest BCUT2D eigenvalue weighted by Gasteiger charge is 2.66. The molecule has 11 rings (SSSR count). The van der Waals surface area contributed by atoms with Crippen LogP contribution in [-0.2, 0) is 66.9 Å². The number of hydrogen-bond acceptors (Lipinski definition) is 18. The second kappa shape index (κ2) is 26.5. The minimum Gasteiger partial charge on any atom is -0.390 e. The number of allylic oxidation sites excluding steroid dienone is 8. The fraction of sp³-hybridized carbons (Fsp3) is 0.689. The van der Waals surface area contributed by atoms with Crippen LogP contribution in [0.4, 0.5) is 0 Å². The summed E-state index contributed by atoms with van der Waals surface area (Å²) in [7, 11) is -5.19. The smallest absolute Gasteiger partial charge is 0.339 e. The summed E-state index contributed by atoms with van der Waals surface area (Å²) in [5.74, 6) is 2.42. The van der Waals surface area contributed by atoms with Gasteiger partial charge >= 0.3 is 5.97 Å². The van der Waals surface area contributed by atoms with Crippen LogP contribution in [0.5, 0.6) is 0 Å². The molecule has 2 saturated heterocycles. The molecule has 8 bridgehead atoms. The molecule has 17 atom stereocenters. The summed E-state index contributed by atoms with van der Waals surface area (Å²) in [6, 6.07) is 0. The minimum atomic E-state index is -3.32. The Kier molecular flexibility index (Phi) is 22.9. The van der Waals surface area contributed by atoms with Crippen LogP contribution < -0.4 is 0 Å². The molecule has 8 fully saturated rings. The van der Waals surface area contributed by atoms with Gasteiger partial charge in [0.05, 0.1) is 72.6 Å². The van der Waals surface area contributed by atoms with Gasteiger partial charge in [-0.25, -0.2) is 4.79 Å². The number of aliphatic hydroxyl groups is 1. The molecule has 2 heterocycles. The lowest BCUT2D eigenvalue weighted by molar-refractivity contribution is -0.231. The first-order valence-corrected chi connectivity index (χ1v) is 28.7. The maximum Gasteiger partial charge on any atom is 0.339 e. The van der Waals surface area contributed by atoms with Crippen LogP contribution in [0.3, 0.4) is 0 Å². The number of aliphatic hydroxyl groups excluding tert-OH is 1. The third-order valence-electron chi connectivity index (χ3n) is 13.4. The van der Waals surface area contributed by atoms with E-state index in [4.69, 9.17) is 15.5 Å². The van der Waals surface area contributed by atoms with E-state index < -0.39 is 48.5 Å². The van der Waals surface area contributed by atoms with Crippen LogP contribution in [0.2, 0.25) is 0 Å². The maximum absolute atomic E-state index is 11.5. The van der Waals surface area contributed by atoms with Crippen molar-refractivity contribution >= 4 is 79.3 Å². The lowest BCUT2D eigenvalue weighted by Crippen LogP contribution is -2.33. The number of rotatable bonds is 6. The summed E-state index contributed by atoms with van der Waals surface area (Å²) in [5, 5.41) is 18.4. The maximum atomic E-state index is 11.5. The van der Waals surface area contributed by atoms with E-state index in [1.54, 1.807) is 6.92 Å². The first kappa shape index (κ1) is 57.7. The van der Waals surface area contributed by atoms with Gasteiger partial charge in [0.15, 0.2) is 10.2 Å². The van der Waals surface area contributed by atoms with Gasteiger partial charge in [-0.3, -0.25) is 22.1 Å². The van der Waals surface area contributed by atoms with E-state index in [0.717, 1.165) is 56.7 Å². The molecule has 0 spiro atoms. The molecule has 380 valence electrons. The summed E-state index contributed by atoms with van der Waals surface area (Å²) in [6.45, 7) is 8.04. The van der Waals surface area contributed by atoms with Crippen LogP contribution in [0.1, 0.15) is 80.9 Å². The molecule has 0 aromatic carbocycles. The Morgan fingerprint density at radius 3 is 1.72 bits per heavy atom. The van der Waals surface area contributed by atoms with Gasteiger partial charge in [0, 0.05) is 45.6 Å². The highest BCUT2D eigenvalue weighted by atomic mass is 32.2. The van der Waals surface area contributed by atoms with Crippen molar-refractivity contribution < 1.29 is 73.5 Å². The highest BCUT2D eigenvalue weighted by Crippen LogP contribution is 2.58. The van der Waals surface area contributed by atoms with Crippen molar-refractivity contribution in [1.29, 1.82) is 0 Å². The van der Waals surface area contributed by atoms with Gasteiger partial charge in [0.25, 0.3) is 30.4 Å². The monoisotopic (exact) mass is 1060 g/mol. The molecule has 6 saturated carbocycles. The number of thioether (sulfide) groups is 2. The van der Waals surface area contributed by atoms with Gasteiger partial charge in [0.2, 0.25) is 0 Å². The minimum absolute atomic E-state index is 0. The third-order valence-corrected chi connectivity index (χ3v) is 20.3. The highest BCUT2D eigenvalue weighted by molar-refractivity contribution is 8.16. The Morgan fingerprint density at radius 1 is 0.806 bits per heavy atom. The van der Waals surface area contributed by atoms with Gasteiger partial charge in [-0.15, -0.1) is 9.24 Å². The molecule has 22 heteroatoms. The third kappa shape index (κ3) is 15.8. The first-order chi connectivity index (χ1) is 31.6. The molecule has 9 aliphatic carbocycles. The second-order valence-electron chi connectivity index (χ2n) is 17.4. The quantitative estimate of drug-likeness (QED) is 0.0537. The summed E-state index contributed by atoms with van der Waals surface area (Å²) in [4.78, 5) is 33.2. The zero-order valence-corrected chi connectivity index (χ0v) is 43.0. The molecule has 0 aromatic heterocycles. The van der Waals surface area contributed by atoms with E-state index in [2.05, 4.69) is 47.3 Å². The summed E-state index contributed by atoms with van der Waals surface area (Å²) in [5.41, 5.74) is 0. The SMILES string of the molecule is C.C1=C[CH+]C=C1.C=CSC(C)=O.CC(=O)OO.CC(=O)SC1CC2C=CC1C2.COS(=O)(=O)C1CC2C=CC1C2.COS(=O)(=O)C1CC2CC1C1OC21.O=S1(=O)OC2C(O)C3CC2C1C3.[2H]CP. The number of hydrogen-bond donors (Lipinski definition) is 2. The Hall–Kier alpha value is -1.88. The zero-order valence-electron chi connectivity index (χ0n) is 38.8. The van der Waals surface area contributed by atoms with Crippen molar-refractivity contribution in [1.82, 2.24) is 0 Å². The molecule has 0 aromatic rings. The van der Waals surface area contributed by atoms with Crippen molar-refractivity contribution in [3.05, 3.63) is 67.0 Å². The largest absolute Gasteiger partial charge is 0.390 e. The Bertz CT molecular complexity index is 2160. The first-order valence-electron chi connectivity index (χ1n) is 22.4. The van der Waals surface area contributed by atoms with E-state index in [1.165, 1.54) is 51.2 Å². The van der Waals surface area contributed by atoms with Crippen LogP contribution in [0, 0.1) is 53.8 Å². The van der Waals surface area contributed by atoms with Gasteiger partial charge in [-0.2, -0.15) is 30.5 Å². The number of carbonyl (C=O) groups excluding carboxylic acids is 3. The normalized spacial score (nSPS) is 37.0. The molecular formula is C45H70O16PS5+. The Balaban J connectivity index is 0.000000213. The molecule has 0 amide bonds. The molecule has 11 aliphatic rings. The Labute approximate surface area is 410 Å². The van der Waals surface area contributed by atoms with Crippen LogP contribution in [0.25, 0.3) is 0 Å². The lowest BCUT2D eigenvalue weighted by atomic mass is 9.95. The number of carbonyl (C=O) groups is 3. The van der Waals surface area contributed by atoms with E-state index in [0.29, 0.717) is 42.2 Å². The summed E-state index contributed by atoms with van der Waals surface area (Å²) in [6.07, 6.45) is 25.8. The Morgan fingerprint density at radius 2 is 1.36 bits per heavy atom. The van der Waals surface area contributed by atoms with Crippen molar-refractivity contribution in [2.24, 2.45) is 47.3 Å². The predicted octanol–water partition coefficient (Wildman–Crippen LogP) is 6.66. The average Bonchev–Trinajstić information content (AvgIpc) is 4.14. The number of fused-ring (bicyclic) bond motifs is 10. The molecule has 0 radical (unpaired) electrons. The van der Waals surface area contributed by atoms with Gasteiger partial charge in [0.1, 0.15) is 6.10 Å². The van der Waals surface area contributed by atoms with Crippen LogP contribution >= 0.6 is 32.8 Å². The molecule has 2 N–H and O–H groups in total. The number of ether oxygens (including phenoxy) is 1. The van der Waals surface area contributed by atoms with Gasteiger partial charge in [-0.1, -0.05) is 68.5 Å². The molecule has 2 aliphatic heterocycles. The van der Waals surface area contributed by atoms with E-state index in [-0.39, 0.29) is 63.2 Å². The van der Waals surface area contributed by atoms with E-state index >= 15 is 0 Å². The van der Waals surface area contributed by atoms with Crippen molar-refractivity contribution in [2.45, 2.75) is 125 Å². The molecule has 67 heavy (non-hydrogen) atoms. The fourth-order valence-electron chi connectivity index (χ4n) is 10.6. The van der Waals surface area contributed by atoms with Crippen LogP contribution in [0.15, 0.2) is 60.6 Å². The topological polar surface area (TPSA) is 244 Å². The van der Waals surface area contributed by atoms with Crippen molar-refractivity contribution in [2.75, 3.05) is 20.9 Å². The predicted molar refractivity (Wildman–Crippen MR) is 265 cm³/mol. The second-order valence-corrected chi connectivity index (χ2v) is 25.6. The molecule has 16 nitrogen and oxygen atoms in total.